The van der Waals surface area contributed by atoms with E-state index in [1.54, 1.807) is 0 Å². The first-order valence-electron chi connectivity index (χ1n) is 9.44. The molecule has 3 unspecified atom stereocenters. The van der Waals surface area contributed by atoms with E-state index in [1.807, 2.05) is 30.3 Å². The van der Waals surface area contributed by atoms with E-state index in [9.17, 15) is 5.11 Å². The van der Waals surface area contributed by atoms with Gasteiger partial charge in [0.05, 0.1) is 6.10 Å². The van der Waals surface area contributed by atoms with Crippen LogP contribution in [0.5, 0.6) is 0 Å². The van der Waals surface area contributed by atoms with Crippen LogP contribution < -0.4 is 5.32 Å². The van der Waals surface area contributed by atoms with Crippen LogP contribution in [-0.2, 0) is 0 Å². The average molecular weight is 316 g/mol. The first-order chi connectivity index (χ1) is 11.2. The molecule has 1 aromatic carbocycles. The molecule has 2 fully saturated rings. The number of hydrogen-bond acceptors (Lipinski definition) is 3. The maximum Gasteiger partial charge on any atom is 0.0914 e. The van der Waals surface area contributed by atoms with Crippen molar-refractivity contribution >= 4 is 0 Å². The highest BCUT2D eigenvalue weighted by atomic mass is 16.3. The second-order valence-electron chi connectivity index (χ2n) is 7.47. The van der Waals surface area contributed by atoms with E-state index in [-0.39, 0.29) is 0 Å². The predicted molar refractivity (Wildman–Crippen MR) is 95.4 cm³/mol. The summed E-state index contributed by atoms with van der Waals surface area (Å²) in [6.07, 6.45) is 7.67. The molecule has 0 spiro atoms. The molecule has 0 amide bonds. The summed E-state index contributed by atoms with van der Waals surface area (Å²) >= 11 is 0. The van der Waals surface area contributed by atoms with Crippen LogP contribution in [0, 0.1) is 5.92 Å². The third kappa shape index (κ3) is 4.56. The van der Waals surface area contributed by atoms with Crippen molar-refractivity contribution in [2.75, 3.05) is 19.6 Å². The first-order valence-corrected chi connectivity index (χ1v) is 9.44. The van der Waals surface area contributed by atoms with E-state index < -0.39 is 6.10 Å². The molecule has 3 heteroatoms. The third-order valence-corrected chi connectivity index (χ3v) is 5.85. The van der Waals surface area contributed by atoms with Gasteiger partial charge in [-0.25, -0.2) is 0 Å². The summed E-state index contributed by atoms with van der Waals surface area (Å²) in [7, 11) is 0. The minimum atomic E-state index is -0.396. The maximum absolute atomic E-state index is 10.3. The summed E-state index contributed by atoms with van der Waals surface area (Å²) in [5.41, 5.74) is 1.01. The van der Waals surface area contributed by atoms with Gasteiger partial charge in [0.2, 0.25) is 0 Å². The van der Waals surface area contributed by atoms with E-state index >= 15 is 0 Å². The maximum atomic E-state index is 10.3. The predicted octanol–water partition coefficient (Wildman–Crippen LogP) is 3.35. The minimum absolute atomic E-state index is 0.396. The number of hydrogen-bond donors (Lipinski definition) is 2. The van der Waals surface area contributed by atoms with Crippen molar-refractivity contribution in [2.45, 2.75) is 63.6 Å². The fraction of sp³-hybridized carbons (Fsp3) is 0.700. The summed E-state index contributed by atoms with van der Waals surface area (Å²) in [5, 5.41) is 13.8. The summed E-state index contributed by atoms with van der Waals surface area (Å²) in [6.45, 7) is 5.53. The van der Waals surface area contributed by atoms with Gasteiger partial charge in [0.1, 0.15) is 0 Å². The SMILES string of the molecule is CC1CCCCC1N1CCC(NCC(O)c2ccccc2)CC1. The van der Waals surface area contributed by atoms with Crippen molar-refractivity contribution < 1.29 is 5.11 Å². The second-order valence-corrected chi connectivity index (χ2v) is 7.47. The Balaban J connectivity index is 1.41. The molecule has 1 aromatic rings. The van der Waals surface area contributed by atoms with Crippen LogP contribution in [0.2, 0.25) is 0 Å². The molecule has 3 atom stereocenters. The van der Waals surface area contributed by atoms with E-state index in [0.717, 1.165) is 17.5 Å². The van der Waals surface area contributed by atoms with Crippen molar-refractivity contribution in [3.63, 3.8) is 0 Å². The molecule has 2 aliphatic rings. The van der Waals surface area contributed by atoms with E-state index in [2.05, 4.69) is 17.1 Å². The van der Waals surface area contributed by atoms with Gasteiger partial charge in [0, 0.05) is 18.6 Å². The molecule has 0 bridgehead atoms. The van der Waals surface area contributed by atoms with Crippen molar-refractivity contribution in [1.82, 2.24) is 10.2 Å². The highest BCUT2D eigenvalue weighted by Crippen LogP contribution is 2.30. The molecule has 128 valence electrons. The Morgan fingerprint density at radius 2 is 1.78 bits per heavy atom. The zero-order valence-corrected chi connectivity index (χ0v) is 14.5. The Bertz CT molecular complexity index is 456. The lowest BCUT2D eigenvalue weighted by molar-refractivity contribution is 0.0779. The number of nitrogens with one attached hydrogen (secondary N) is 1. The molecule has 1 saturated carbocycles. The highest BCUT2D eigenvalue weighted by molar-refractivity contribution is 5.17. The van der Waals surface area contributed by atoms with Crippen LogP contribution in [0.4, 0.5) is 0 Å². The number of nitrogens with zero attached hydrogens (tertiary/aromatic N) is 1. The number of piperidine rings is 1. The molecule has 1 aliphatic carbocycles. The van der Waals surface area contributed by atoms with Gasteiger partial charge in [-0.05, 0) is 50.3 Å². The molecule has 1 aliphatic heterocycles. The van der Waals surface area contributed by atoms with Crippen LogP contribution >= 0.6 is 0 Å². The number of likely N-dealkylation sites (tertiary alicyclic amines) is 1. The second kappa shape index (κ2) is 8.27. The zero-order valence-electron chi connectivity index (χ0n) is 14.5. The molecule has 0 radical (unpaired) electrons. The van der Waals surface area contributed by atoms with Crippen LogP contribution in [0.1, 0.15) is 57.1 Å². The van der Waals surface area contributed by atoms with Crippen LogP contribution in [-0.4, -0.2) is 41.7 Å². The molecule has 23 heavy (non-hydrogen) atoms. The van der Waals surface area contributed by atoms with Crippen molar-refractivity contribution in [2.24, 2.45) is 5.92 Å². The lowest BCUT2D eigenvalue weighted by Crippen LogP contribution is -2.49. The summed E-state index contributed by atoms with van der Waals surface area (Å²) in [5.74, 6) is 0.869. The van der Waals surface area contributed by atoms with Gasteiger partial charge >= 0.3 is 0 Å². The molecule has 3 rings (SSSR count). The lowest BCUT2D eigenvalue weighted by Gasteiger charge is -2.42. The Kier molecular flexibility index (Phi) is 6.09. The Labute approximate surface area is 141 Å². The third-order valence-electron chi connectivity index (χ3n) is 5.85. The normalized spacial score (nSPS) is 28.6. The topological polar surface area (TPSA) is 35.5 Å². The number of aliphatic hydroxyl groups is 1. The van der Waals surface area contributed by atoms with Crippen molar-refractivity contribution in [3.05, 3.63) is 35.9 Å². The zero-order chi connectivity index (χ0) is 16.1. The van der Waals surface area contributed by atoms with Crippen molar-refractivity contribution in [3.8, 4) is 0 Å². The van der Waals surface area contributed by atoms with Gasteiger partial charge in [0.25, 0.3) is 0 Å². The molecule has 1 saturated heterocycles. The fourth-order valence-electron chi connectivity index (χ4n) is 4.35. The number of rotatable bonds is 5. The Hall–Kier alpha value is -0.900. The van der Waals surface area contributed by atoms with E-state index in [0.29, 0.717) is 12.6 Å². The van der Waals surface area contributed by atoms with Gasteiger partial charge in [-0.3, -0.25) is 0 Å². The largest absolute Gasteiger partial charge is 0.387 e. The molecule has 1 heterocycles. The van der Waals surface area contributed by atoms with Gasteiger partial charge < -0.3 is 15.3 Å². The molecular weight excluding hydrogens is 284 g/mol. The smallest absolute Gasteiger partial charge is 0.0914 e. The van der Waals surface area contributed by atoms with Gasteiger partial charge in [-0.2, -0.15) is 0 Å². The standard InChI is InChI=1S/C20H32N2O/c1-16-7-5-6-10-19(16)22-13-11-18(12-14-22)21-15-20(23)17-8-3-2-4-9-17/h2-4,8-9,16,18-21,23H,5-7,10-15H2,1H3. The Morgan fingerprint density at radius 1 is 1.09 bits per heavy atom. The van der Waals surface area contributed by atoms with Gasteiger partial charge in [0.15, 0.2) is 0 Å². The van der Waals surface area contributed by atoms with Crippen LogP contribution in [0.15, 0.2) is 30.3 Å². The molecule has 2 N–H and O–H groups in total. The minimum Gasteiger partial charge on any atom is -0.387 e. The fourth-order valence-corrected chi connectivity index (χ4v) is 4.35. The van der Waals surface area contributed by atoms with E-state index in [4.69, 9.17) is 0 Å². The summed E-state index contributed by atoms with van der Waals surface area (Å²) < 4.78 is 0. The first kappa shape index (κ1) is 16.9. The molecule has 3 nitrogen and oxygen atoms in total. The molecular formula is C20H32N2O. The lowest BCUT2D eigenvalue weighted by atomic mass is 9.84. The summed E-state index contributed by atoms with van der Waals surface area (Å²) in [6, 6.07) is 11.3. The van der Waals surface area contributed by atoms with Gasteiger partial charge in [-0.15, -0.1) is 0 Å². The monoisotopic (exact) mass is 316 g/mol. The van der Waals surface area contributed by atoms with Crippen LogP contribution in [0.3, 0.4) is 0 Å². The van der Waals surface area contributed by atoms with Gasteiger partial charge in [-0.1, -0.05) is 50.1 Å². The van der Waals surface area contributed by atoms with E-state index in [1.165, 1.54) is 51.6 Å². The molecule has 0 aromatic heterocycles. The quantitative estimate of drug-likeness (QED) is 0.874. The van der Waals surface area contributed by atoms with Crippen molar-refractivity contribution in [1.29, 1.82) is 0 Å². The average Bonchev–Trinajstić information content (AvgIpc) is 2.61. The Morgan fingerprint density at radius 3 is 2.48 bits per heavy atom. The van der Waals surface area contributed by atoms with Crippen LogP contribution in [0.25, 0.3) is 0 Å². The number of aliphatic hydroxyl groups excluding tert-OH is 1. The number of benzene rings is 1. The summed E-state index contributed by atoms with van der Waals surface area (Å²) in [4.78, 5) is 2.73. The highest BCUT2D eigenvalue weighted by Gasteiger charge is 2.30.